The van der Waals surface area contributed by atoms with Crippen LogP contribution in [-0.2, 0) is 19.1 Å². The number of piperidine rings is 2. The molecule has 0 bridgehead atoms. The van der Waals surface area contributed by atoms with Gasteiger partial charge in [-0.25, -0.2) is 4.98 Å². The van der Waals surface area contributed by atoms with E-state index in [2.05, 4.69) is 14.5 Å². The number of rotatable bonds is 4. The lowest BCUT2D eigenvalue weighted by molar-refractivity contribution is -0.137. The van der Waals surface area contributed by atoms with Crippen LogP contribution in [0.5, 0.6) is 0 Å². The third-order valence-electron chi connectivity index (χ3n) is 7.15. The molecule has 3 aromatic rings. The Morgan fingerprint density at radius 1 is 0.939 bits per heavy atom. The first-order chi connectivity index (χ1) is 15.8. The van der Waals surface area contributed by atoms with E-state index in [4.69, 9.17) is 23.2 Å². The van der Waals surface area contributed by atoms with Gasteiger partial charge in [-0.15, -0.1) is 0 Å². The molecule has 2 aromatic carbocycles. The Balaban J connectivity index is 1.53. The van der Waals surface area contributed by atoms with Crippen molar-refractivity contribution in [2.75, 3.05) is 13.1 Å². The average molecular weight is 496 g/mol. The van der Waals surface area contributed by atoms with Gasteiger partial charge in [0.2, 0.25) is 0 Å². The van der Waals surface area contributed by atoms with Crippen molar-refractivity contribution < 1.29 is 13.2 Å². The molecule has 2 saturated heterocycles. The minimum absolute atomic E-state index is 0.385. The Kier molecular flexibility index (Phi) is 6.36. The van der Waals surface area contributed by atoms with E-state index in [1.807, 2.05) is 6.07 Å². The molecule has 3 nitrogen and oxygen atoms in total. The van der Waals surface area contributed by atoms with Crippen molar-refractivity contribution in [2.45, 2.75) is 57.3 Å². The maximum Gasteiger partial charge on any atom is 0.416 e. The van der Waals surface area contributed by atoms with Crippen molar-refractivity contribution in [3.8, 4) is 0 Å². The predicted molar refractivity (Wildman–Crippen MR) is 126 cm³/mol. The molecule has 1 aromatic heterocycles. The molecule has 0 aliphatic carbocycles. The van der Waals surface area contributed by atoms with Gasteiger partial charge < -0.3 is 9.47 Å². The van der Waals surface area contributed by atoms with Crippen molar-refractivity contribution in [1.82, 2.24) is 14.5 Å². The van der Waals surface area contributed by atoms with Crippen LogP contribution in [0.4, 0.5) is 13.2 Å². The largest absolute Gasteiger partial charge is 0.416 e. The smallest absolute Gasteiger partial charge is 0.327 e. The summed E-state index contributed by atoms with van der Waals surface area (Å²) in [5, 5.41) is 0.935. The van der Waals surface area contributed by atoms with Gasteiger partial charge in [0, 0.05) is 19.0 Å². The summed E-state index contributed by atoms with van der Waals surface area (Å²) in [6, 6.07) is 9.88. The Morgan fingerprint density at radius 2 is 1.76 bits per heavy atom. The van der Waals surface area contributed by atoms with E-state index >= 15 is 0 Å². The fourth-order valence-corrected chi connectivity index (χ4v) is 5.87. The Hall–Kier alpha value is -1.76. The zero-order valence-electron chi connectivity index (χ0n) is 18.2. The van der Waals surface area contributed by atoms with Crippen LogP contribution < -0.4 is 0 Å². The molecule has 1 unspecified atom stereocenters. The zero-order valence-corrected chi connectivity index (χ0v) is 19.7. The molecule has 33 heavy (non-hydrogen) atoms. The maximum absolute atomic E-state index is 13.3. The molecule has 0 amide bonds. The fraction of sp³-hybridized carbons (Fsp3) is 0.480. The Morgan fingerprint density at radius 3 is 2.55 bits per heavy atom. The highest BCUT2D eigenvalue weighted by atomic mass is 35.5. The molecule has 2 atom stereocenters. The number of imidazole rings is 1. The van der Waals surface area contributed by atoms with Crippen LogP contribution in [0, 0.1) is 5.92 Å². The van der Waals surface area contributed by atoms with Crippen LogP contribution in [0.1, 0.15) is 49.1 Å². The molecule has 2 aliphatic rings. The third kappa shape index (κ3) is 4.75. The second-order valence-electron chi connectivity index (χ2n) is 9.27. The van der Waals surface area contributed by atoms with E-state index in [1.54, 1.807) is 18.2 Å². The molecule has 0 radical (unpaired) electrons. The topological polar surface area (TPSA) is 21.1 Å². The maximum atomic E-state index is 13.3. The second kappa shape index (κ2) is 9.12. The van der Waals surface area contributed by atoms with E-state index in [0.29, 0.717) is 33.9 Å². The summed E-state index contributed by atoms with van der Waals surface area (Å²) in [6.45, 7) is 3.06. The highest BCUT2D eigenvalue weighted by Gasteiger charge is 2.34. The first kappa shape index (κ1) is 23.0. The molecule has 0 spiro atoms. The number of halogens is 5. The van der Waals surface area contributed by atoms with Crippen LogP contribution >= 0.6 is 23.2 Å². The number of hydrogen-bond acceptors (Lipinski definition) is 2. The first-order valence-corrected chi connectivity index (χ1v) is 12.3. The van der Waals surface area contributed by atoms with E-state index in [0.717, 1.165) is 61.5 Å². The third-order valence-corrected chi connectivity index (χ3v) is 7.89. The van der Waals surface area contributed by atoms with Crippen molar-refractivity contribution in [1.29, 1.82) is 0 Å². The number of hydrogen-bond donors (Lipinski definition) is 0. The fourth-order valence-electron chi connectivity index (χ4n) is 5.55. The lowest BCUT2D eigenvalue weighted by Crippen LogP contribution is -2.49. The van der Waals surface area contributed by atoms with Crippen molar-refractivity contribution in [2.24, 2.45) is 5.92 Å². The number of benzene rings is 2. The lowest BCUT2D eigenvalue weighted by atomic mass is 9.83. The minimum atomic E-state index is -4.40. The molecule has 176 valence electrons. The first-order valence-electron chi connectivity index (χ1n) is 11.5. The van der Waals surface area contributed by atoms with Gasteiger partial charge in [-0.1, -0.05) is 35.7 Å². The van der Waals surface area contributed by atoms with Gasteiger partial charge in [0.15, 0.2) is 0 Å². The Labute approximate surface area is 201 Å². The molecular formula is C25H26Cl2F3N3. The van der Waals surface area contributed by atoms with Crippen LogP contribution in [-0.4, -0.2) is 33.6 Å². The number of alkyl halides is 3. The van der Waals surface area contributed by atoms with Crippen molar-refractivity contribution in [3.05, 3.63) is 63.4 Å². The zero-order chi connectivity index (χ0) is 23.2. The summed E-state index contributed by atoms with van der Waals surface area (Å²) in [6.07, 6.45) is 2.06. The van der Waals surface area contributed by atoms with Gasteiger partial charge in [-0.3, -0.25) is 0 Å². The molecule has 5 rings (SSSR count). The molecular weight excluding hydrogens is 470 g/mol. The summed E-state index contributed by atoms with van der Waals surface area (Å²) in [7, 11) is 0. The summed E-state index contributed by atoms with van der Waals surface area (Å²) < 4.78 is 42.2. The summed E-state index contributed by atoms with van der Waals surface area (Å²) in [5.41, 5.74) is 1.40. The number of fused-ring (bicyclic) bond motifs is 2. The quantitative estimate of drug-likeness (QED) is 0.380. The SMILES string of the molecule is FC(F)(F)c1ccc2c(c1)nc(Cc1ccc(Cl)c(Cl)c1)n2C[C@H]1CCCN2CCCCC12. The van der Waals surface area contributed by atoms with E-state index in [9.17, 15) is 13.2 Å². The molecule has 0 saturated carbocycles. The normalized spacial score (nSPS) is 22.0. The second-order valence-corrected chi connectivity index (χ2v) is 10.1. The van der Waals surface area contributed by atoms with E-state index < -0.39 is 11.7 Å². The van der Waals surface area contributed by atoms with E-state index in [-0.39, 0.29) is 0 Å². The molecule has 0 N–H and O–H groups in total. The van der Waals surface area contributed by atoms with Crippen LogP contribution in [0.15, 0.2) is 36.4 Å². The van der Waals surface area contributed by atoms with Crippen LogP contribution in [0.3, 0.4) is 0 Å². The van der Waals surface area contributed by atoms with Crippen molar-refractivity contribution >= 4 is 34.2 Å². The van der Waals surface area contributed by atoms with Gasteiger partial charge in [-0.2, -0.15) is 13.2 Å². The summed E-state index contributed by atoms with van der Waals surface area (Å²) >= 11 is 12.3. The molecule has 2 fully saturated rings. The van der Waals surface area contributed by atoms with Gasteiger partial charge in [-0.05, 0) is 80.6 Å². The Bertz CT molecular complexity index is 1160. The van der Waals surface area contributed by atoms with Gasteiger partial charge in [0.1, 0.15) is 5.82 Å². The molecule has 8 heteroatoms. The van der Waals surface area contributed by atoms with Crippen LogP contribution in [0.25, 0.3) is 11.0 Å². The van der Waals surface area contributed by atoms with Gasteiger partial charge >= 0.3 is 6.18 Å². The van der Waals surface area contributed by atoms with E-state index in [1.165, 1.54) is 19.3 Å². The van der Waals surface area contributed by atoms with Gasteiger partial charge in [0.25, 0.3) is 0 Å². The highest BCUT2D eigenvalue weighted by Crippen LogP contribution is 2.35. The minimum Gasteiger partial charge on any atom is -0.327 e. The summed E-state index contributed by atoms with van der Waals surface area (Å²) in [4.78, 5) is 7.29. The number of aromatic nitrogens is 2. The monoisotopic (exact) mass is 495 g/mol. The average Bonchev–Trinajstić information content (AvgIpc) is 3.12. The van der Waals surface area contributed by atoms with Crippen LogP contribution in [0.2, 0.25) is 10.0 Å². The van der Waals surface area contributed by atoms with Gasteiger partial charge in [0.05, 0.1) is 26.6 Å². The number of nitrogens with zero attached hydrogens (tertiary/aromatic N) is 3. The predicted octanol–water partition coefficient (Wildman–Crippen LogP) is 7.22. The summed E-state index contributed by atoms with van der Waals surface area (Å²) in [5.74, 6) is 1.22. The standard InChI is InChI=1S/C25H26Cl2F3N3/c26-19-8-6-16(12-20(19)27)13-24-31-21-14-18(25(28,29)30)7-9-23(21)33(24)15-17-4-3-11-32-10-2-1-5-22(17)32/h6-9,12,14,17,22H,1-5,10-11,13,15H2/t17-,22?/m1/s1. The highest BCUT2D eigenvalue weighted by molar-refractivity contribution is 6.42. The molecule has 2 aliphatic heterocycles. The van der Waals surface area contributed by atoms with Crippen molar-refractivity contribution in [3.63, 3.8) is 0 Å². The lowest BCUT2D eigenvalue weighted by Gasteiger charge is -2.44. The molecule has 3 heterocycles.